The van der Waals surface area contributed by atoms with Crippen LogP contribution in [0.15, 0.2) is 60.9 Å². The number of nitrogens with one attached hydrogen (secondary N) is 1. The normalized spacial score (nSPS) is 12.3. The fraction of sp³-hybridized carbons (Fsp3) is 0.125. The van der Waals surface area contributed by atoms with Gasteiger partial charge in [0.1, 0.15) is 0 Å². The molecule has 0 aliphatic heterocycles. The summed E-state index contributed by atoms with van der Waals surface area (Å²) in [6.45, 7) is 1.96. The Hall–Kier alpha value is -2.42. The number of rotatable bonds is 4. The topological polar surface area (TPSA) is 42.0 Å². The van der Waals surface area contributed by atoms with Crippen LogP contribution in [0.4, 0.5) is 0 Å². The van der Waals surface area contributed by atoms with Crippen LogP contribution in [-0.4, -0.2) is 10.9 Å². The molecule has 0 saturated carbocycles. The molecule has 19 heavy (non-hydrogen) atoms. The average Bonchev–Trinajstić information content (AvgIpc) is 2.47. The molecule has 3 heteroatoms. The lowest BCUT2D eigenvalue weighted by Crippen LogP contribution is -2.24. The molecule has 0 fully saturated rings. The van der Waals surface area contributed by atoms with Crippen LogP contribution in [0.25, 0.3) is 6.08 Å². The Morgan fingerprint density at radius 3 is 2.68 bits per heavy atom. The van der Waals surface area contributed by atoms with E-state index in [4.69, 9.17) is 0 Å². The smallest absolute Gasteiger partial charge is 0.244 e. The van der Waals surface area contributed by atoms with Gasteiger partial charge in [0.2, 0.25) is 5.91 Å². The van der Waals surface area contributed by atoms with Crippen molar-refractivity contribution in [3.8, 4) is 0 Å². The molecule has 0 unspecified atom stereocenters. The maximum absolute atomic E-state index is 11.8. The van der Waals surface area contributed by atoms with Crippen LogP contribution in [0.2, 0.25) is 0 Å². The Morgan fingerprint density at radius 2 is 2.00 bits per heavy atom. The predicted molar refractivity (Wildman–Crippen MR) is 76.3 cm³/mol. The molecule has 1 N–H and O–H groups in total. The van der Waals surface area contributed by atoms with Crippen LogP contribution in [0.1, 0.15) is 24.1 Å². The summed E-state index contributed by atoms with van der Waals surface area (Å²) in [4.78, 5) is 15.8. The van der Waals surface area contributed by atoms with Crippen molar-refractivity contribution >= 4 is 12.0 Å². The van der Waals surface area contributed by atoms with Gasteiger partial charge in [-0.2, -0.15) is 0 Å². The van der Waals surface area contributed by atoms with Crippen molar-refractivity contribution < 1.29 is 4.79 Å². The minimum Gasteiger partial charge on any atom is -0.346 e. The summed E-state index contributed by atoms with van der Waals surface area (Å²) in [5.74, 6) is -0.111. The van der Waals surface area contributed by atoms with E-state index >= 15 is 0 Å². The number of pyridine rings is 1. The summed E-state index contributed by atoms with van der Waals surface area (Å²) in [7, 11) is 0. The van der Waals surface area contributed by atoms with Crippen LogP contribution < -0.4 is 5.32 Å². The lowest BCUT2D eigenvalue weighted by Gasteiger charge is -2.12. The summed E-state index contributed by atoms with van der Waals surface area (Å²) in [5, 5.41) is 2.92. The average molecular weight is 252 g/mol. The van der Waals surface area contributed by atoms with E-state index < -0.39 is 0 Å². The van der Waals surface area contributed by atoms with Gasteiger partial charge < -0.3 is 5.32 Å². The third-order valence-electron chi connectivity index (χ3n) is 2.77. The third-order valence-corrected chi connectivity index (χ3v) is 2.77. The molecule has 1 atom stereocenters. The number of hydrogen-bond donors (Lipinski definition) is 1. The highest BCUT2D eigenvalue weighted by Crippen LogP contribution is 2.10. The Labute approximate surface area is 113 Å². The highest BCUT2D eigenvalue weighted by molar-refractivity contribution is 5.91. The lowest BCUT2D eigenvalue weighted by atomic mass is 10.1. The molecule has 2 rings (SSSR count). The van der Waals surface area contributed by atoms with Crippen molar-refractivity contribution in [3.05, 3.63) is 72.1 Å². The van der Waals surface area contributed by atoms with E-state index in [9.17, 15) is 4.79 Å². The zero-order valence-electron chi connectivity index (χ0n) is 10.8. The second-order valence-corrected chi connectivity index (χ2v) is 4.26. The third kappa shape index (κ3) is 4.07. The van der Waals surface area contributed by atoms with Crippen LogP contribution in [-0.2, 0) is 4.79 Å². The van der Waals surface area contributed by atoms with Gasteiger partial charge in [-0.15, -0.1) is 0 Å². The van der Waals surface area contributed by atoms with Gasteiger partial charge in [-0.05, 0) is 30.2 Å². The van der Waals surface area contributed by atoms with E-state index in [0.29, 0.717) is 0 Å². The molecule has 1 aromatic carbocycles. The van der Waals surface area contributed by atoms with Crippen molar-refractivity contribution in [2.75, 3.05) is 0 Å². The lowest BCUT2D eigenvalue weighted by molar-refractivity contribution is -0.117. The van der Waals surface area contributed by atoms with Gasteiger partial charge in [0.25, 0.3) is 0 Å². The molecule has 1 aromatic heterocycles. The van der Waals surface area contributed by atoms with Crippen molar-refractivity contribution in [2.24, 2.45) is 0 Å². The van der Waals surface area contributed by atoms with Crippen LogP contribution in [0, 0.1) is 0 Å². The first-order chi connectivity index (χ1) is 9.25. The largest absolute Gasteiger partial charge is 0.346 e. The molecule has 0 radical (unpaired) electrons. The summed E-state index contributed by atoms with van der Waals surface area (Å²) in [6, 6.07) is 13.6. The molecular weight excluding hydrogens is 236 g/mol. The van der Waals surface area contributed by atoms with Crippen LogP contribution in [0.3, 0.4) is 0 Å². The van der Waals surface area contributed by atoms with Gasteiger partial charge in [0, 0.05) is 18.5 Å². The molecule has 0 aliphatic rings. The molecule has 0 bridgehead atoms. The fourth-order valence-electron chi connectivity index (χ4n) is 1.73. The zero-order chi connectivity index (χ0) is 13.5. The van der Waals surface area contributed by atoms with Gasteiger partial charge >= 0.3 is 0 Å². The second-order valence-electron chi connectivity index (χ2n) is 4.26. The number of carbonyl (C=O) groups excluding carboxylic acids is 1. The quantitative estimate of drug-likeness (QED) is 0.850. The molecule has 0 aliphatic carbocycles. The number of hydrogen-bond acceptors (Lipinski definition) is 2. The Morgan fingerprint density at radius 1 is 1.21 bits per heavy atom. The second kappa shape index (κ2) is 6.50. The number of aromatic nitrogens is 1. The van der Waals surface area contributed by atoms with Crippen molar-refractivity contribution in [1.29, 1.82) is 0 Å². The minimum absolute atomic E-state index is 0.00718. The van der Waals surface area contributed by atoms with E-state index in [1.165, 1.54) is 6.08 Å². The maximum Gasteiger partial charge on any atom is 0.244 e. The van der Waals surface area contributed by atoms with Gasteiger partial charge in [-0.25, -0.2) is 0 Å². The van der Waals surface area contributed by atoms with Crippen molar-refractivity contribution in [2.45, 2.75) is 13.0 Å². The number of amides is 1. The standard InChI is InChI=1S/C16H16N2O/c1-13(15-7-3-2-4-8-15)18-16(19)10-9-14-6-5-11-17-12-14/h2-13H,1H3,(H,18,19)/b10-9+/t13-/m0/s1. The SMILES string of the molecule is C[C@H](NC(=O)/C=C/c1cccnc1)c1ccccc1. The summed E-state index contributed by atoms with van der Waals surface area (Å²) in [5.41, 5.74) is 2.00. The van der Waals surface area contributed by atoms with Gasteiger partial charge in [0.15, 0.2) is 0 Å². The first kappa shape index (κ1) is 13.0. The van der Waals surface area contributed by atoms with Gasteiger partial charge in [-0.3, -0.25) is 9.78 Å². The molecule has 96 valence electrons. The minimum atomic E-state index is -0.111. The van der Waals surface area contributed by atoms with E-state index in [1.54, 1.807) is 18.5 Å². The fourth-order valence-corrected chi connectivity index (χ4v) is 1.73. The number of carbonyl (C=O) groups is 1. The number of nitrogens with zero attached hydrogens (tertiary/aromatic N) is 1. The Kier molecular flexibility index (Phi) is 4.45. The van der Waals surface area contributed by atoms with E-state index in [0.717, 1.165) is 11.1 Å². The van der Waals surface area contributed by atoms with Crippen LogP contribution in [0.5, 0.6) is 0 Å². The molecule has 2 aromatic rings. The predicted octanol–water partition coefficient (Wildman–Crippen LogP) is 2.97. The maximum atomic E-state index is 11.8. The monoisotopic (exact) mass is 252 g/mol. The highest BCUT2D eigenvalue weighted by atomic mass is 16.1. The zero-order valence-corrected chi connectivity index (χ0v) is 10.8. The van der Waals surface area contributed by atoms with Gasteiger partial charge in [0.05, 0.1) is 6.04 Å². The van der Waals surface area contributed by atoms with Crippen molar-refractivity contribution in [1.82, 2.24) is 10.3 Å². The summed E-state index contributed by atoms with van der Waals surface area (Å²) < 4.78 is 0. The van der Waals surface area contributed by atoms with Gasteiger partial charge in [-0.1, -0.05) is 36.4 Å². The molecule has 0 spiro atoms. The van der Waals surface area contributed by atoms with Crippen LogP contribution >= 0.6 is 0 Å². The number of benzene rings is 1. The molecular formula is C16H16N2O. The first-order valence-electron chi connectivity index (χ1n) is 6.19. The molecule has 1 heterocycles. The summed E-state index contributed by atoms with van der Waals surface area (Å²) in [6.07, 6.45) is 6.69. The van der Waals surface area contributed by atoms with E-state index in [2.05, 4.69) is 10.3 Å². The van der Waals surface area contributed by atoms with E-state index in [-0.39, 0.29) is 11.9 Å². The Balaban J connectivity index is 1.93. The molecule has 1 amide bonds. The highest BCUT2D eigenvalue weighted by Gasteiger charge is 2.06. The van der Waals surface area contributed by atoms with E-state index in [1.807, 2.05) is 49.4 Å². The summed E-state index contributed by atoms with van der Waals surface area (Å²) >= 11 is 0. The molecule has 3 nitrogen and oxygen atoms in total. The van der Waals surface area contributed by atoms with Crippen molar-refractivity contribution in [3.63, 3.8) is 0 Å². The Bertz CT molecular complexity index is 549. The molecule has 0 saturated heterocycles. The first-order valence-corrected chi connectivity index (χ1v) is 6.19.